The maximum absolute atomic E-state index is 9.88. The Morgan fingerprint density at radius 1 is 1.67 bits per heavy atom. The summed E-state index contributed by atoms with van der Waals surface area (Å²) in [7, 11) is 0. The van der Waals surface area contributed by atoms with E-state index in [2.05, 4.69) is 0 Å². The molecule has 0 spiro atoms. The van der Waals surface area contributed by atoms with Gasteiger partial charge < -0.3 is 15.9 Å². The Bertz CT molecular complexity index is 94.2. The van der Waals surface area contributed by atoms with Gasteiger partial charge in [-0.3, -0.25) is 4.79 Å². The van der Waals surface area contributed by atoms with Gasteiger partial charge in [-0.2, -0.15) is 0 Å². The lowest BCUT2D eigenvalue weighted by Crippen LogP contribution is -2.17. The molecule has 0 aliphatic heterocycles. The van der Waals surface area contributed by atoms with Crippen LogP contribution in [0.2, 0.25) is 0 Å². The van der Waals surface area contributed by atoms with Gasteiger partial charge in [-0.05, 0) is 13.0 Å². The standard InChI is InChI=1S/C5H11NO3/c6-2-1-4(7)3-5(8)9/h4,7H,1-3,6H2,(H,8,9)/t4-/m1/s1. The van der Waals surface area contributed by atoms with Crippen LogP contribution < -0.4 is 5.73 Å². The van der Waals surface area contributed by atoms with Gasteiger partial charge in [0.1, 0.15) is 0 Å². The Morgan fingerprint density at radius 3 is 2.56 bits per heavy atom. The van der Waals surface area contributed by atoms with Gasteiger partial charge >= 0.3 is 5.97 Å². The number of nitrogens with two attached hydrogens (primary N) is 1. The largest absolute Gasteiger partial charge is 0.481 e. The zero-order valence-corrected chi connectivity index (χ0v) is 5.08. The Morgan fingerprint density at radius 2 is 2.22 bits per heavy atom. The number of rotatable bonds is 4. The monoisotopic (exact) mass is 133 g/mol. The molecule has 0 fully saturated rings. The van der Waals surface area contributed by atoms with Crippen LogP contribution in [0.4, 0.5) is 0 Å². The molecule has 9 heavy (non-hydrogen) atoms. The first kappa shape index (κ1) is 8.39. The van der Waals surface area contributed by atoms with E-state index in [-0.39, 0.29) is 6.42 Å². The molecule has 0 aromatic rings. The van der Waals surface area contributed by atoms with E-state index in [9.17, 15) is 4.79 Å². The lowest BCUT2D eigenvalue weighted by Gasteiger charge is -2.03. The Labute approximate surface area is 53.3 Å². The van der Waals surface area contributed by atoms with Crippen LogP contribution in [0, 0.1) is 0 Å². The van der Waals surface area contributed by atoms with Crippen LogP contribution in [0.1, 0.15) is 12.8 Å². The van der Waals surface area contributed by atoms with Crippen molar-refractivity contribution < 1.29 is 15.0 Å². The highest BCUT2D eigenvalue weighted by Gasteiger charge is 2.06. The molecule has 0 radical (unpaired) electrons. The Balaban J connectivity index is 3.26. The van der Waals surface area contributed by atoms with Crippen LogP contribution >= 0.6 is 0 Å². The molecule has 0 rings (SSSR count). The van der Waals surface area contributed by atoms with Gasteiger partial charge in [-0.15, -0.1) is 0 Å². The summed E-state index contributed by atoms with van der Waals surface area (Å²) in [6, 6.07) is 0. The second kappa shape index (κ2) is 4.29. The number of aliphatic hydroxyl groups excluding tert-OH is 1. The van der Waals surface area contributed by atoms with E-state index < -0.39 is 12.1 Å². The average molecular weight is 133 g/mol. The minimum absolute atomic E-state index is 0.211. The highest BCUT2D eigenvalue weighted by Crippen LogP contribution is 1.94. The third-order valence-electron chi connectivity index (χ3n) is 0.910. The molecule has 0 bridgehead atoms. The topological polar surface area (TPSA) is 83.5 Å². The first-order valence-corrected chi connectivity index (χ1v) is 2.76. The van der Waals surface area contributed by atoms with Crippen LogP contribution in [-0.2, 0) is 4.79 Å². The van der Waals surface area contributed by atoms with E-state index in [0.29, 0.717) is 13.0 Å². The fourth-order valence-electron chi connectivity index (χ4n) is 0.496. The molecule has 4 nitrogen and oxygen atoms in total. The predicted octanol–water partition coefficient (Wildman–Crippen LogP) is -0.829. The van der Waals surface area contributed by atoms with Gasteiger partial charge in [0, 0.05) is 0 Å². The zero-order chi connectivity index (χ0) is 7.28. The van der Waals surface area contributed by atoms with Gasteiger partial charge in [-0.1, -0.05) is 0 Å². The number of carboxylic acids is 1. The molecular formula is C5H11NO3. The lowest BCUT2D eigenvalue weighted by molar-refractivity contribution is -0.139. The van der Waals surface area contributed by atoms with Crippen molar-refractivity contribution in [2.75, 3.05) is 6.54 Å². The summed E-state index contributed by atoms with van der Waals surface area (Å²) in [5.41, 5.74) is 5.05. The lowest BCUT2D eigenvalue weighted by atomic mass is 10.2. The van der Waals surface area contributed by atoms with Crippen LogP contribution in [0.3, 0.4) is 0 Å². The van der Waals surface area contributed by atoms with Crippen molar-refractivity contribution in [2.24, 2.45) is 5.73 Å². The van der Waals surface area contributed by atoms with E-state index in [0.717, 1.165) is 0 Å². The summed E-state index contributed by atoms with van der Waals surface area (Å²) in [4.78, 5) is 9.88. The van der Waals surface area contributed by atoms with E-state index in [1.807, 2.05) is 0 Å². The van der Waals surface area contributed by atoms with Gasteiger partial charge in [-0.25, -0.2) is 0 Å². The number of carboxylic acid groups (broad SMARTS) is 1. The maximum atomic E-state index is 9.88. The van der Waals surface area contributed by atoms with Gasteiger partial charge in [0.25, 0.3) is 0 Å². The second-order valence-corrected chi connectivity index (χ2v) is 1.83. The van der Waals surface area contributed by atoms with E-state index in [1.54, 1.807) is 0 Å². The molecule has 4 heteroatoms. The summed E-state index contributed by atoms with van der Waals surface area (Å²) >= 11 is 0. The summed E-state index contributed by atoms with van der Waals surface area (Å²) in [5, 5.41) is 16.9. The molecule has 0 unspecified atom stereocenters. The molecular weight excluding hydrogens is 122 g/mol. The summed E-state index contributed by atoms with van der Waals surface area (Å²) in [6.07, 6.45) is -0.642. The summed E-state index contributed by atoms with van der Waals surface area (Å²) < 4.78 is 0. The van der Waals surface area contributed by atoms with E-state index >= 15 is 0 Å². The highest BCUT2D eigenvalue weighted by molar-refractivity contribution is 5.67. The highest BCUT2D eigenvalue weighted by atomic mass is 16.4. The van der Waals surface area contributed by atoms with Gasteiger partial charge in [0.05, 0.1) is 12.5 Å². The number of aliphatic hydroxyl groups is 1. The maximum Gasteiger partial charge on any atom is 0.305 e. The van der Waals surface area contributed by atoms with E-state index in [4.69, 9.17) is 15.9 Å². The van der Waals surface area contributed by atoms with Gasteiger partial charge in [0.2, 0.25) is 0 Å². The third-order valence-corrected chi connectivity index (χ3v) is 0.910. The molecule has 0 saturated carbocycles. The molecule has 54 valence electrons. The minimum atomic E-state index is -0.990. The Kier molecular flexibility index (Phi) is 4.00. The second-order valence-electron chi connectivity index (χ2n) is 1.83. The zero-order valence-electron chi connectivity index (χ0n) is 5.08. The van der Waals surface area contributed by atoms with Crippen molar-refractivity contribution in [1.82, 2.24) is 0 Å². The molecule has 0 aromatic carbocycles. The normalized spacial score (nSPS) is 13.1. The number of hydrogen-bond acceptors (Lipinski definition) is 3. The first-order chi connectivity index (χ1) is 4.16. The van der Waals surface area contributed by atoms with Crippen molar-refractivity contribution in [3.63, 3.8) is 0 Å². The number of carbonyl (C=O) groups is 1. The molecule has 0 aromatic heterocycles. The van der Waals surface area contributed by atoms with Crippen molar-refractivity contribution in [2.45, 2.75) is 18.9 Å². The van der Waals surface area contributed by atoms with Gasteiger partial charge in [0.15, 0.2) is 0 Å². The van der Waals surface area contributed by atoms with Crippen LogP contribution in [-0.4, -0.2) is 28.8 Å². The Hall–Kier alpha value is -0.610. The van der Waals surface area contributed by atoms with Crippen molar-refractivity contribution in [3.05, 3.63) is 0 Å². The molecule has 0 aliphatic carbocycles. The number of hydrogen-bond donors (Lipinski definition) is 3. The molecule has 0 saturated heterocycles. The fourth-order valence-corrected chi connectivity index (χ4v) is 0.496. The predicted molar refractivity (Wildman–Crippen MR) is 31.9 cm³/mol. The molecule has 0 amide bonds. The van der Waals surface area contributed by atoms with E-state index in [1.165, 1.54) is 0 Å². The minimum Gasteiger partial charge on any atom is -0.481 e. The number of aliphatic carboxylic acids is 1. The van der Waals surface area contributed by atoms with Crippen molar-refractivity contribution >= 4 is 5.97 Å². The quantitative estimate of drug-likeness (QED) is 0.467. The smallest absolute Gasteiger partial charge is 0.305 e. The average Bonchev–Trinajstić information content (AvgIpc) is 1.63. The SMILES string of the molecule is NCC[C@@H](O)CC(=O)O. The fraction of sp³-hybridized carbons (Fsp3) is 0.800. The molecule has 1 atom stereocenters. The summed E-state index contributed by atoms with van der Waals surface area (Å²) in [5.74, 6) is -0.990. The summed E-state index contributed by atoms with van der Waals surface area (Å²) in [6.45, 7) is 0.328. The van der Waals surface area contributed by atoms with Crippen LogP contribution in [0.5, 0.6) is 0 Å². The van der Waals surface area contributed by atoms with Crippen molar-refractivity contribution in [3.8, 4) is 0 Å². The molecule has 0 aliphatic rings. The first-order valence-electron chi connectivity index (χ1n) is 2.76. The van der Waals surface area contributed by atoms with Crippen LogP contribution in [0.15, 0.2) is 0 Å². The van der Waals surface area contributed by atoms with Crippen molar-refractivity contribution in [1.29, 1.82) is 0 Å². The molecule has 4 N–H and O–H groups in total. The molecule has 0 heterocycles. The third kappa shape index (κ3) is 5.26. The van der Waals surface area contributed by atoms with Crippen LogP contribution in [0.25, 0.3) is 0 Å².